The summed E-state index contributed by atoms with van der Waals surface area (Å²) in [6, 6.07) is 12.7. The molecule has 0 unspecified atom stereocenters. The Morgan fingerprint density at radius 1 is 1.08 bits per heavy atom. The highest BCUT2D eigenvalue weighted by Gasteiger charge is 2.34. The summed E-state index contributed by atoms with van der Waals surface area (Å²) in [6.45, 7) is 4.12. The number of para-hydroxylation sites is 1. The van der Waals surface area contributed by atoms with Gasteiger partial charge in [-0.3, -0.25) is 0 Å². The number of pyridine rings is 1. The number of carbonyl (C=O) groups is 1. The van der Waals surface area contributed by atoms with Gasteiger partial charge in [-0.2, -0.15) is 13.2 Å². The number of hydrogen-bond donors (Lipinski definition) is 1. The first-order valence-corrected chi connectivity index (χ1v) is 12.1. The number of alkyl halides is 3. The van der Waals surface area contributed by atoms with Crippen molar-refractivity contribution in [3.8, 4) is 5.75 Å². The number of nitrogens with zero attached hydrogens (tertiary/aromatic N) is 4. The van der Waals surface area contributed by atoms with Crippen LogP contribution in [-0.4, -0.2) is 39.2 Å². The number of ether oxygens (including phenoxy) is 1. The van der Waals surface area contributed by atoms with E-state index >= 15 is 0 Å². The summed E-state index contributed by atoms with van der Waals surface area (Å²) in [5.41, 5.74) is 1.24. The van der Waals surface area contributed by atoms with E-state index in [0.29, 0.717) is 35.7 Å². The number of carboxylic acids is 1. The van der Waals surface area contributed by atoms with Gasteiger partial charge in [0.25, 0.3) is 0 Å². The molecule has 0 bridgehead atoms. The zero-order valence-electron chi connectivity index (χ0n) is 21.0. The van der Waals surface area contributed by atoms with E-state index in [1.807, 2.05) is 6.92 Å². The molecule has 0 fully saturated rings. The molecule has 198 valence electrons. The van der Waals surface area contributed by atoms with Crippen LogP contribution in [0, 0.1) is 6.92 Å². The Bertz CT molecular complexity index is 1430. The first-order chi connectivity index (χ1) is 18.2. The van der Waals surface area contributed by atoms with Crippen molar-refractivity contribution < 1.29 is 27.8 Å². The number of carboxylic acid groups (broad SMARTS) is 1. The van der Waals surface area contributed by atoms with Gasteiger partial charge < -0.3 is 14.7 Å². The molecule has 0 aliphatic heterocycles. The summed E-state index contributed by atoms with van der Waals surface area (Å²) >= 11 is 0. The SMILES string of the molecule is CCc1cnc(N(CCCOc2cccc3ccc(C(=O)O)nc23)Cc2ccc(C)cc2C(F)(F)F)nc1. The van der Waals surface area contributed by atoms with E-state index in [0.717, 1.165) is 23.4 Å². The first-order valence-electron chi connectivity index (χ1n) is 12.1. The molecular weight excluding hydrogens is 497 g/mol. The van der Waals surface area contributed by atoms with Gasteiger partial charge >= 0.3 is 12.1 Å². The average molecular weight is 525 g/mol. The summed E-state index contributed by atoms with van der Waals surface area (Å²) in [4.78, 5) is 26.0. The molecule has 2 aromatic carbocycles. The van der Waals surface area contributed by atoms with Gasteiger partial charge in [0, 0.05) is 30.9 Å². The fourth-order valence-electron chi connectivity index (χ4n) is 4.03. The zero-order valence-corrected chi connectivity index (χ0v) is 21.0. The van der Waals surface area contributed by atoms with Gasteiger partial charge in [0.1, 0.15) is 17.0 Å². The Morgan fingerprint density at radius 3 is 2.53 bits per heavy atom. The maximum absolute atomic E-state index is 13.8. The maximum atomic E-state index is 13.8. The number of aryl methyl sites for hydroxylation is 2. The Labute approximate surface area is 217 Å². The fourth-order valence-corrected chi connectivity index (χ4v) is 4.03. The minimum atomic E-state index is -4.49. The van der Waals surface area contributed by atoms with Crippen LogP contribution < -0.4 is 9.64 Å². The van der Waals surface area contributed by atoms with Crippen LogP contribution >= 0.6 is 0 Å². The largest absolute Gasteiger partial charge is 0.491 e. The van der Waals surface area contributed by atoms with Crippen molar-refractivity contribution in [3.63, 3.8) is 0 Å². The van der Waals surface area contributed by atoms with Crippen LogP contribution in [-0.2, 0) is 19.1 Å². The minimum absolute atomic E-state index is 0.0294. The molecule has 0 aliphatic rings. The second kappa shape index (κ2) is 11.5. The molecule has 4 rings (SSSR count). The fraction of sp³-hybridized carbons (Fsp3) is 0.286. The lowest BCUT2D eigenvalue weighted by Crippen LogP contribution is -2.28. The summed E-state index contributed by atoms with van der Waals surface area (Å²) in [5, 5.41) is 10.0. The Morgan fingerprint density at radius 2 is 1.84 bits per heavy atom. The van der Waals surface area contributed by atoms with Crippen molar-refractivity contribution in [1.82, 2.24) is 15.0 Å². The molecule has 2 aromatic heterocycles. The van der Waals surface area contributed by atoms with Crippen LogP contribution in [0.2, 0.25) is 0 Å². The van der Waals surface area contributed by atoms with E-state index < -0.39 is 17.7 Å². The van der Waals surface area contributed by atoms with Crippen molar-refractivity contribution in [2.24, 2.45) is 0 Å². The van der Waals surface area contributed by atoms with Crippen molar-refractivity contribution in [2.45, 2.75) is 39.4 Å². The molecule has 0 saturated carbocycles. The molecular formula is C28H27F3N4O3. The van der Waals surface area contributed by atoms with Gasteiger partial charge in [-0.15, -0.1) is 0 Å². The van der Waals surface area contributed by atoms with Gasteiger partial charge in [-0.25, -0.2) is 19.7 Å². The predicted molar refractivity (Wildman–Crippen MR) is 137 cm³/mol. The summed E-state index contributed by atoms with van der Waals surface area (Å²) < 4.78 is 47.2. The maximum Gasteiger partial charge on any atom is 0.416 e. The zero-order chi connectivity index (χ0) is 27.3. The molecule has 0 saturated heterocycles. The lowest BCUT2D eigenvalue weighted by molar-refractivity contribution is -0.138. The quantitative estimate of drug-likeness (QED) is 0.251. The lowest BCUT2D eigenvalue weighted by Gasteiger charge is -2.25. The molecule has 10 heteroatoms. The number of anilines is 1. The molecule has 4 aromatic rings. The highest BCUT2D eigenvalue weighted by atomic mass is 19.4. The van der Waals surface area contributed by atoms with E-state index in [2.05, 4.69) is 15.0 Å². The van der Waals surface area contributed by atoms with Gasteiger partial charge in [-0.1, -0.05) is 42.8 Å². The van der Waals surface area contributed by atoms with Crippen LogP contribution in [0.3, 0.4) is 0 Å². The normalized spacial score (nSPS) is 11.5. The smallest absolute Gasteiger partial charge is 0.416 e. The van der Waals surface area contributed by atoms with Crippen molar-refractivity contribution in [2.75, 3.05) is 18.1 Å². The molecule has 0 radical (unpaired) electrons. The number of hydrogen-bond acceptors (Lipinski definition) is 6. The highest BCUT2D eigenvalue weighted by molar-refractivity contribution is 5.91. The molecule has 7 nitrogen and oxygen atoms in total. The van der Waals surface area contributed by atoms with E-state index in [-0.39, 0.29) is 24.4 Å². The summed E-state index contributed by atoms with van der Waals surface area (Å²) in [6.07, 6.45) is 0.0498. The van der Waals surface area contributed by atoms with Crippen molar-refractivity contribution >= 4 is 22.8 Å². The van der Waals surface area contributed by atoms with E-state index in [4.69, 9.17) is 4.74 Å². The number of fused-ring (bicyclic) bond motifs is 1. The third-order valence-electron chi connectivity index (χ3n) is 6.05. The molecule has 2 heterocycles. The Kier molecular flexibility index (Phi) is 8.09. The van der Waals surface area contributed by atoms with Crippen molar-refractivity contribution in [1.29, 1.82) is 0 Å². The Hall–Kier alpha value is -4.21. The number of aromatic carboxylic acids is 1. The van der Waals surface area contributed by atoms with Gasteiger partial charge in [-0.05, 0) is 49.1 Å². The van der Waals surface area contributed by atoms with Gasteiger partial charge in [0.15, 0.2) is 0 Å². The van der Waals surface area contributed by atoms with Crippen LogP contribution in [0.15, 0.2) is 60.9 Å². The van der Waals surface area contributed by atoms with E-state index in [1.54, 1.807) is 54.5 Å². The number of rotatable bonds is 10. The average Bonchev–Trinajstić information content (AvgIpc) is 2.90. The molecule has 0 amide bonds. The first kappa shape index (κ1) is 26.8. The van der Waals surface area contributed by atoms with Gasteiger partial charge in [0.05, 0.1) is 12.2 Å². The Balaban J connectivity index is 1.53. The van der Waals surface area contributed by atoms with Crippen LogP contribution in [0.5, 0.6) is 5.75 Å². The van der Waals surface area contributed by atoms with Crippen LogP contribution in [0.1, 0.15) is 46.1 Å². The number of benzene rings is 2. The van der Waals surface area contributed by atoms with E-state index in [1.165, 1.54) is 12.1 Å². The van der Waals surface area contributed by atoms with Crippen LogP contribution in [0.4, 0.5) is 19.1 Å². The summed E-state index contributed by atoms with van der Waals surface area (Å²) in [5.74, 6) is -0.381. The standard InChI is InChI=1S/C28H27F3N4O3/c1-3-19-15-32-27(33-16-19)35(17-21-9-8-18(2)14-22(21)28(29,30)31)12-5-13-38-24-7-4-6-20-10-11-23(26(36)37)34-25(20)24/h4,6-11,14-16H,3,5,12-13,17H2,1-2H3,(H,36,37). The predicted octanol–water partition coefficient (Wildman–Crippen LogP) is 6.09. The van der Waals surface area contributed by atoms with E-state index in [9.17, 15) is 23.1 Å². The van der Waals surface area contributed by atoms with Crippen molar-refractivity contribution in [3.05, 3.63) is 88.9 Å². The third-order valence-corrected chi connectivity index (χ3v) is 6.05. The monoisotopic (exact) mass is 524 g/mol. The highest BCUT2D eigenvalue weighted by Crippen LogP contribution is 2.33. The number of aromatic nitrogens is 3. The van der Waals surface area contributed by atoms with Crippen LogP contribution in [0.25, 0.3) is 10.9 Å². The molecule has 0 aliphatic carbocycles. The second-order valence-corrected chi connectivity index (χ2v) is 8.86. The second-order valence-electron chi connectivity index (χ2n) is 8.86. The molecule has 0 spiro atoms. The topological polar surface area (TPSA) is 88.4 Å². The number of halogens is 3. The third kappa shape index (κ3) is 6.37. The minimum Gasteiger partial charge on any atom is -0.491 e. The molecule has 1 N–H and O–H groups in total. The molecule has 0 atom stereocenters. The lowest BCUT2D eigenvalue weighted by atomic mass is 10.0. The summed E-state index contributed by atoms with van der Waals surface area (Å²) in [7, 11) is 0. The molecule has 38 heavy (non-hydrogen) atoms. The van der Waals surface area contributed by atoms with Gasteiger partial charge in [0.2, 0.25) is 5.95 Å².